The van der Waals surface area contributed by atoms with Gasteiger partial charge in [0, 0.05) is 18.1 Å². The Morgan fingerprint density at radius 3 is 2.86 bits per heavy atom. The van der Waals surface area contributed by atoms with E-state index in [1.54, 1.807) is 18.3 Å². The topological polar surface area (TPSA) is 89.2 Å². The van der Waals surface area contributed by atoms with E-state index in [4.69, 9.17) is 0 Å². The van der Waals surface area contributed by atoms with Crippen molar-refractivity contribution in [3.05, 3.63) is 34.3 Å². The number of hydrogen-bond acceptors (Lipinski definition) is 7. The lowest BCUT2D eigenvalue weighted by Crippen LogP contribution is -2.26. The maximum Gasteiger partial charge on any atom is 0.245 e. The average Bonchev–Trinajstić information content (AvgIpc) is 3.14. The van der Waals surface area contributed by atoms with Gasteiger partial charge < -0.3 is 0 Å². The number of fused-ring (bicyclic) bond motifs is 1. The summed E-state index contributed by atoms with van der Waals surface area (Å²) < 4.78 is 31.3. The second-order valence-electron chi connectivity index (χ2n) is 4.72. The minimum Gasteiger partial charge on any atom is -0.248 e. The van der Waals surface area contributed by atoms with Gasteiger partial charge in [0.25, 0.3) is 0 Å². The fraction of sp³-hybridized carbons (Fsp3) is 0.308. The van der Waals surface area contributed by atoms with E-state index in [2.05, 4.69) is 19.9 Å². The number of hydrogen-bond donors (Lipinski definition) is 0. The van der Waals surface area contributed by atoms with Crippen molar-refractivity contribution in [3.8, 4) is 0 Å². The molecule has 0 N–H and O–H groups in total. The van der Waals surface area contributed by atoms with Crippen molar-refractivity contribution in [3.63, 3.8) is 0 Å². The number of nitrogens with zero attached hydrogens (tertiary/aromatic N) is 4. The number of thiazole rings is 1. The minimum absolute atomic E-state index is 0.0843. The van der Waals surface area contributed by atoms with Crippen LogP contribution in [0.5, 0.6) is 0 Å². The molecule has 0 saturated carbocycles. The van der Waals surface area contributed by atoms with E-state index in [-0.39, 0.29) is 17.0 Å². The van der Waals surface area contributed by atoms with Crippen molar-refractivity contribution in [1.82, 2.24) is 19.6 Å². The van der Waals surface area contributed by atoms with Crippen molar-refractivity contribution < 1.29 is 13.0 Å². The number of aryl methyl sites for hydroxylation is 1. The molecule has 0 fully saturated rings. The standard InChI is InChI=1S/C13H14N4O3S2/c1-3-9-7-14-12(21-9)8-17(2)22(18,19)11-6-4-5-10-13(11)16-20-15-10/h4-7H,3,8H2,1-2H3. The Morgan fingerprint density at radius 2 is 2.14 bits per heavy atom. The third kappa shape index (κ3) is 2.62. The van der Waals surface area contributed by atoms with Crippen LogP contribution >= 0.6 is 11.3 Å². The first-order valence-corrected chi connectivity index (χ1v) is 8.89. The highest BCUT2D eigenvalue weighted by atomic mass is 32.2. The number of sulfonamides is 1. The molecule has 0 aliphatic rings. The van der Waals surface area contributed by atoms with Crippen LogP contribution < -0.4 is 0 Å². The summed E-state index contributed by atoms with van der Waals surface area (Å²) in [5, 5.41) is 8.12. The first kappa shape index (κ1) is 15.1. The highest BCUT2D eigenvalue weighted by molar-refractivity contribution is 7.89. The van der Waals surface area contributed by atoms with Crippen LogP contribution in [-0.2, 0) is 23.0 Å². The van der Waals surface area contributed by atoms with E-state index in [1.807, 2.05) is 6.92 Å². The molecular formula is C13H14N4O3S2. The predicted octanol–water partition coefficient (Wildman–Crippen LogP) is 2.06. The zero-order valence-electron chi connectivity index (χ0n) is 12.1. The average molecular weight is 338 g/mol. The summed E-state index contributed by atoms with van der Waals surface area (Å²) in [6.07, 6.45) is 2.67. The monoisotopic (exact) mass is 338 g/mol. The van der Waals surface area contributed by atoms with Crippen molar-refractivity contribution in [2.75, 3.05) is 7.05 Å². The first-order chi connectivity index (χ1) is 10.5. The third-order valence-electron chi connectivity index (χ3n) is 3.25. The molecule has 116 valence electrons. The summed E-state index contributed by atoms with van der Waals surface area (Å²) in [5.41, 5.74) is 0.653. The van der Waals surface area contributed by atoms with E-state index in [9.17, 15) is 8.42 Å². The van der Waals surface area contributed by atoms with Gasteiger partial charge in [0.1, 0.15) is 15.4 Å². The molecule has 2 heterocycles. The van der Waals surface area contributed by atoms with E-state index >= 15 is 0 Å². The fourth-order valence-corrected chi connectivity index (χ4v) is 4.28. The predicted molar refractivity (Wildman–Crippen MR) is 81.9 cm³/mol. The number of aromatic nitrogens is 3. The molecule has 0 saturated heterocycles. The minimum atomic E-state index is -3.69. The van der Waals surface area contributed by atoms with Crippen LogP contribution in [0.4, 0.5) is 0 Å². The Hall–Kier alpha value is -1.84. The normalized spacial score (nSPS) is 12.3. The summed E-state index contributed by atoms with van der Waals surface area (Å²) in [4.78, 5) is 5.47. The summed E-state index contributed by atoms with van der Waals surface area (Å²) >= 11 is 1.51. The van der Waals surface area contributed by atoms with Gasteiger partial charge in [0.15, 0.2) is 5.52 Å². The van der Waals surface area contributed by atoms with Crippen molar-refractivity contribution in [2.24, 2.45) is 0 Å². The molecule has 0 radical (unpaired) electrons. The molecule has 0 amide bonds. The zero-order valence-corrected chi connectivity index (χ0v) is 13.7. The van der Waals surface area contributed by atoms with Gasteiger partial charge >= 0.3 is 0 Å². The van der Waals surface area contributed by atoms with Gasteiger partial charge in [-0.3, -0.25) is 0 Å². The molecule has 0 unspecified atom stereocenters. The number of rotatable bonds is 5. The van der Waals surface area contributed by atoms with Crippen LogP contribution in [0.2, 0.25) is 0 Å². The third-order valence-corrected chi connectivity index (χ3v) is 6.21. The Kier molecular flexibility index (Phi) is 3.94. The quantitative estimate of drug-likeness (QED) is 0.707. The van der Waals surface area contributed by atoms with E-state index in [0.717, 1.165) is 16.3 Å². The van der Waals surface area contributed by atoms with Crippen LogP contribution in [0, 0.1) is 0 Å². The van der Waals surface area contributed by atoms with Crippen LogP contribution in [0.3, 0.4) is 0 Å². The molecular weight excluding hydrogens is 324 g/mol. The molecule has 2 aromatic heterocycles. The molecule has 9 heteroatoms. The first-order valence-electron chi connectivity index (χ1n) is 6.63. The summed E-state index contributed by atoms with van der Waals surface area (Å²) in [6.45, 7) is 2.25. The lowest BCUT2D eigenvalue weighted by molar-refractivity contribution is 0.315. The van der Waals surface area contributed by atoms with E-state index < -0.39 is 10.0 Å². The van der Waals surface area contributed by atoms with Crippen LogP contribution in [0.25, 0.3) is 11.0 Å². The molecule has 0 spiro atoms. The largest absolute Gasteiger partial charge is 0.248 e. The summed E-state index contributed by atoms with van der Waals surface area (Å²) in [5.74, 6) is 0. The summed E-state index contributed by atoms with van der Waals surface area (Å²) in [7, 11) is -2.17. The van der Waals surface area contributed by atoms with Crippen LogP contribution in [0.15, 0.2) is 33.9 Å². The van der Waals surface area contributed by atoms with Crippen LogP contribution in [-0.4, -0.2) is 35.1 Å². The van der Waals surface area contributed by atoms with Gasteiger partial charge in [-0.1, -0.05) is 13.0 Å². The van der Waals surface area contributed by atoms with Gasteiger partial charge in [-0.2, -0.15) is 4.31 Å². The second kappa shape index (κ2) is 5.75. The molecule has 0 atom stereocenters. The molecule has 3 rings (SSSR count). The van der Waals surface area contributed by atoms with E-state index in [1.165, 1.54) is 28.8 Å². The maximum absolute atomic E-state index is 12.7. The molecule has 1 aromatic carbocycles. The molecule has 22 heavy (non-hydrogen) atoms. The zero-order chi connectivity index (χ0) is 15.7. The smallest absolute Gasteiger partial charge is 0.245 e. The maximum atomic E-state index is 12.7. The van der Waals surface area contributed by atoms with Gasteiger partial charge in [0.2, 0.25) is 10.0 Å². The Balaban J connectivity index is 1.93. The highest BCUT2D eigenvalue weighted by Gasteiger charge is 2.26. The van der Waals surface area contributed by atoms with Gasteiger partial charge in [0.05, 0.1) is 6.54 Å². The molecule has 0 aliphatic carbocycles. The van der Waals surface area contributed by atoms with Gasteiger partial charge in [-0.25, -0.2) is 18.0 Å². The van der Waals surface area contributed by atoms with Crippen molar-refractivity contribution in [2.45, 2.75) is 24.8 Å². The Morgan fingerprint density at radius 1 is 1.32 bits per heavy atom. The Labute approximate surface area is 131 Å². The highest BCUT2D eigenvalue weighted by Crippen LogP contribution is 2.24. The van der Waals surface area contributed by atoms with E-state index in [0.29, 0.717) is 5.52 Å². The lowest BCUT2D eigenvalue weighted by Gasteiger charge is -2.15. The number of benzene rings is 1. The summed E-state index contributed by atoms with van der Waals surface area (Å²) in [6, 6.07) is 4.77. The van der Waals surface area contributed by atoms with Crippen molar-refractivity contribution in [1.29, 1.82) is 0 Å². The Bertz CT molecular complexity index is 901. The van der Waals surface area contributed by atoms with Crippen molar-refractivity contribution >= 4 is 32.4 Å². The molecule has 0 aliphatic heterocycles. The second-order valence-corrected chi connectivity index (χ2v) is 7.94. The SMILES string of the molecule is CCc1cnc(CN(C)S(=O)(=O)c2cccc3nonc23)s1. The van der Waals surface area contributed by atoms with Gasteiger partial charge in [-0.15, -0.1) is 11.3 Å². The van der Waals surface area contributed by atoms with Crippen LogP contribution in [0.1, 0.15) is 16.8 Å². The van der Waals surface area contributed by atoms with Gasteiger partial charge in [-0.05, 0) is 28.9 Å². The fourth-order valence-electron chi connectivity index (χ4n) is 2.02. The molecule has 3 aromatic rings. The molecule has 0 bridgehead atoms. The molecule has 7 nitrogen and oxygen atoms in total. The lowest BCUT2D eigenvalue weighted by atomic mass is 10.3.